The predicted molar refractivity (Wildman–Crippen MR) is 87.9 cm³/mol. The summed E-state index contributed by atoms with van der Waals surface area (Å²) in [5, 5.41) is 3.49. The van der Waals surface area contributed by atoms with Crippen molar-refractivity contribution in [2.45, 2.75) is 19.9 Å². The van der Waals surface area contributed by atoms with E-state index < -0.39 is 0 Å². The molecule has 0 saturated heterocycles. The minimum atomic E-state index is 0.220. The third kappa shape index (κ3) is 3.29. The lowest BCUT2D eigenvalue weighted by atomic mass is 10.2. The van der Waals surface area contributed by atoms with Crippen molar-refractivity contribution in [3.8, 4) is 0 Å². The van der Waals surface area contributed by atoms with Crippen LogP contribution in [0.3, 0.4) is 0 Å². The Labute approximate surface area is 133 Å². The van der Waals surface area contributed by atoms with E-state index >= 15 is 0 Å². The van der Waals surface area contributed by atoms with E-state index in [1.807, 2.05) is 6.07 Å². The molecule has 5 heteroatoms. The Kier molecular flexibility index (Phi) is 4.75. The molecule has 0 aliphatic carbocycles. The quantitative estimate of drug-likeness (QED) is 0.618. The topological polar surface area (TPSA) is 12.0 Å². The molecule has 1 N–H and O–H groups in total. The summed E-state index contributed by atoms with van der Waals surface area (Å²) in [5.41, 5.74) is 2.28. The van der Waals surface area contributed by atoms with E-state index in [1.54, 1.807) is 11.3 Å². The van der Waals surface area contributed by atoms with Gasteiger partial charge in [-0.3, -0.25) is 0 Å². The van der Waals surface area contributed by atoms with Crippen molar-refractivity contribution in [3.05, 3.63) is 48.0 Å². The van der Waals surface area contributed by atoms with E-state index in [4.69, 9.17) is 11.6 Å². The molecule has 1 unspecified atom stereocenters. The summed E-state index contributed by atoms with van der Waals surface area (Å²) < 4.78 is 2.94. The van der Waals surface area contributed by atoms with E-state index in [0.29, 0.717) is 0 Å². The Balaban J connectivity index is 2.24. The maximum atomic E-state index is 5.96. The summed E-state index contributed by atoms with van der Waals surface area (Å²) >= 11 is 14.7. The van der Waals surface area contributed by atoms with Crippen molar-refractivity contribution in [2.24, 2.45) is 0 Å². The summed E-state index contributed by atoms with van der Waals surface area (Å²) in [4.78, 5) is 1.22. The fourth-order valence-corrected chi connectivity index (χ4v) is 4.39. The molecular weight excluding hydrogens is 397 g/mol. The maximum absolute atomic E-state index is 5.96. The van der Waals surface area contributed by atoms with Crippen LogP contribution in [-0.2, 0) is 0 Å². The SMILES string of the molecule is Cc1cc(Br)c(NC(C)c2ccc(Cl)s2)c(Br)c1. The molecular formula is C13H12Br2ClNS. The molecule has 0 radical (unpaired) electrons. The number of hydrogen-bond donors (Lipinski definition) is 1. The number of rotatable bonds is 3. The first kappa shape index (κ1) is 14.4. The fraction of sp³-hybridized carbons (Fsp3) is 0.231. The van der Waals surface area contributed by atoms with Crippen LogP contribution in [0.2, 0.25) is 4.34 Å². The predicted octanol–water partition coefficient (Wildman–Crippen LogP) is 6.41. The standard InChI is InChI=1S/C13H12Br2ClNS/c1-7-5-9(14)13(10(15)6-7)17-8(2)11-3-4-12(16)18-11/h3-6,8,17H,1-2H3. The van der Waals surface area contributed by atoms with Gasteiger partial charge in [0.2, 0.25) is 0 Å². The van der Waals surface area contributed by atoms with Gasteiger partial charge in [-0.15, -0.1) is 11.3 Å². The molecule has 0 saturated carbocycles. The Morgan fingerprint density at radius 3 is 2.33 bits per heavy atom. The number of halogens is 3. The number of anilines is 1. The highest BCUT2D eigenvalue weighted by Gasteiger charge is 2.12. The number of benzene rings is 1. The zero-order chi connectivity index (χ0) is 13.3. The van der Waals surface area contributed by atoms with Crippen molar-refractivity contribution in [3.63, 3.8) is 0 Å². The average Bonchev–Trinajstić information content (AvgIpc) is 2.70. The molecule has 18 heavy (non-hydrogen) atoms. The van der Waals surface area contributed by atoms with Crippen LogP contribution in [0.1, 0.15) is 23.4 Å². The zero-order valence-electron chi connectivity index (χ0n) is 9.93. The molecule has 0 aliphatic heterocycles. The highest BCUT2D eigenvalue weighted by molar-refractivity contribution is 9.11. The molecule has 0 bridgehead atoms. The van der Waals surface area contributed by atoms with E-state index in [1.165, 1.54) is 10.4 Å². The zero-order valence-corrected chi connectivity index (χ0v) is 14.7. The molecule has 2 aromatic rings. The van der Waals surface area contributed by atoms with Crippen LogP contribution in [0.4, 0.5) is 5.69 Å². The summed E-state index contributed by atoms with van der Waals surface area (Å²) in [7, 11) is 0. The molecule has 1 nitrogen and oxygen atoms in total. The second-order valence-electron chi connectivity index (χ2n) is 4.11. The van der Waals surface area contributed by atoms with E-state index in [0.717, 1.165) is 19.0 Å². The minimum absolute atomic E-state index is 0.220. The normalized spacial score (nSPS) is 12.5. The van der Waals surface area contributed by atoms with E-state index in [9.17, 15) is 0 Å². The second-order valence-corrected chi connectivity index (χ2v) is 7.57. The van der Waals surface area contributed by atoms with Gasteiger partial charge in [-0.1, -0.05) is 11.6 Å². The molecule has 1 heterocycles. The van der Waals surface area contributed by atoms with E-state index in [-0.39, 0.29) is 6.04 Å². The number of aryl methyl sites for hydroxylation is 1. The van der Waals surface area contributed by atoms with Crippen molar-refractivity contribution < 1.29 is 0 Å². The van der Waals surface area contributed by atoms with Crippen molar-refractivity contribution in [1.29, 1.82) is 0 Å². The maximum Gasteiger partial charge on any atom is 0.0932 e. The lowest BCUT2D eigenvalue weighted by molar-refractivity contribution is 0.905. The number of thiophene rings is 1. The van der Waals surface area contributed by atoms with E-state index in [2.05, 4.69) is 69.2 Å². The molecule has 1 atom stereocenters. The summed E-state index contributed by atoms with van der Waals surface area (Å²) in [6.07, 6.45) is 0. The van der Waals surface area contributed by atoms with Crippen molar-refractivity contribution in [1.82, 2.24) is 0 Å². The van der Waals surface area contributed by atoms with Crippen LogP contribution in [0.5, 0.6) is 0 Å². The second kappa shape index (κ2) is 5.95. The summed E-state index contributed by atoms with van der Waals surface area (Å²) in [6.45, 7) is 4.20. The summed E-state index contributed by atoms with van der Waals surface area (Å²) in [5.74, 6) is 0. The molecule has 2 rings (SSSR count). The summed E-state index contributed by atoms with van der Waals surface area (Å²) in [6, 6.07) is 8.40. The van der Waals surface area contributed by atoms with Gasteiger partial charge in [0.15, 0.2) is 0 Å². The highest BCUT2D eigenvalue weighted by Crippen LogP contribution is 2.36. The van der Waals surface area contributed by atoms with Crippen molar-refractivity contribution in [2.75, 3.05) is 5.32 Å². The van der Waals surface area contributed by atoms with Gasteiger partial charge in [-0.2, -0.15) is 0 Å². The van der Waals surface area contributed by atoms with Crippen molar-refractivity contribution >= 4 is 60.5 Å². The Morgan fingerprint density at radius 2 is 1.83 bits per heavy atom. The van der Waals surface area contributed by atoms with Crippen LogP contribution in [-0.4, -0.2) is 0 Å². The number of hydrogen-bond acceptors (Lipinski definition) is 2. The van der Waals surface area contributed by atoms with Gasteiger partial charge in [-0.05, 0) is 75.5 Å². The average molecular weight is 410 g/mol. The molecule has 0 spiro atoms. The van der Waals surface area contributed by atoms with Crippen LogP contribution in [0, 0.1) is 6.92 Å². The fourth-order valence-electron chi connectivity index (χ4n) is 1.69. The lowest BCUT2D eigenvalue weighted by Gasteiger charge is -2.17. The third-order valence-electron chi connectivity index (χ3n) is 2.57. The molecule has 1 aromatic heterocycles. The van der Waals surface area contributed by atoms with Crippen LogP contribution in [0.25, 0.3) is 0 Å². The number of nitrogens with one attached hydrogen (secondary N) is 1. The first-order chi connectivity index (χ1) is 8.47. The third-order valence-corrected chi connectivity index (χ3v) is 5.23. The monoisotopic (exact) mass is 407 g/mol. The largest absolute Gasteiger partial charge is 0.376 e. The first-order valence-electron chi connectivity index (χ1n) is 5.45. The smallest absolute Gasteiger partial charge is 0.0932 e. The Morgan fingerprint density at radius 1 is 1.22 bits per heavy atom. The molecule has 96 valence electrons. The minimum Gasteiger partial charge on any atom is -0.376 e. The molecule has 0 amide bonds. The first-order valence-corrected chi connectivity index (χ1v) is 8.23. The Bertz CT molecular complexity index is 545. The van der Waals surface area contributed by atoms with Gasteiger partial charge < -0.3 is 5.32 Å². The van der Waals surface area contributed by atoms with Gasteiger partial charge in [0.05, 0.1) is 16.1 Å². The van der Waals surface area contributed by atoms with Gasteiger partial charge in [0.25, 0.3) is 0 Å². The molecule has 0 aliphatic rings. The van der Waals surface area contributed by atoms with Gasteiger partial charge in [0, 0.05) is 13.8 Å². The molecule has 1 aromatic carbocycles. The van der Waals surface area contributed by atoms with Gasteiger partial charge in [-0.25, -0.2) is 0 Å². The van der Waals surface area contributed by atoms with Gasteiger partial charge in [0.1, 0.15) is 0 Å². The highest BCUT2D eigenvalue weighted by atomic mass is 79.9. The van der Waals surface area contributed by atoms with Crippen LogP contribution in [0.15, 0.2) is 33.2 Å². The van der Waals surface area contributed by atoms with Gasteiger partial charge >= 0.3 is 0 Å². The molecule has 0 fully saturated rings. The van der Waals surface area contributed by atoms with Crippen LogP contribution < -0.4 is 5.32 Å². The lowest BCUT2D eigenvalue weighted by Crippen LogP contribution is -2.06. The van der Waals surface area contributed by atoms with Crippen LogP contribution >= 0.6 is 54.8 Å². The Hall–Kier alpha value is -0.0300.